The van der Waals surface area contributed by atoms with Gasteiger partial charge >= 0.3 is 0 Å². The Labute approximate surface area is 148 Å². The summed E-state index contributed by atoms with van der Waals surface area (Å²) in [4.78, 5) is 28.5. The first-order valence-electron chi connectivity index (χ1n) is 8.75. The van der Waals surface area contributed by atoms with Crippen molar-refractivity contribution in [3.8, 4) is 0 Å². The highest BCUT2D eigenvalue weighted by Crippen LogP contribution is 2.27. The minimum absolute atomic E-state index is 0.0419. The van der Waals surface area contributed by atoms with Crippen LogP contribution in [0.2, 0.25) is 0 Å². The average Bonchev–Trinajstić information content (AvgIpc) is 3.10. The third-order valence-electron chi connectivity index (χ3n) is 4.58. The largest absolute Gasteiger partial charge is 0.339 e. The van der Waals surface area contributed by atoms with Crippen molar-refractivity contribution < 1.29 is 9.59 Å². The van der Waals surface area contributed by atoms with Crippen molar-refractivity contribution in [2.45, 2.75) is 32.9 Å². The number of carbonyl (C=O) groups is 2. The molecule has 132 valence electrons. The van der Waals surface area contributed by atoms with Crippen LogP contribution in [0.5, 0.6) is 0 Å². The van der Waals surface area contributed by atoms with Gasteiger partial charge in [0.25, 0.3) is 5.91 Å². The van der Waals surface area contributed by atoms with Crippen LogP contribution in [0.15, 0.2) is 42.6 Å². The number of amides is 2. The second-order valence-electron chi connectivity index (χ2n) is 6.35. The number of hydrogen-bond donors (Lipinski definition) is 0. The molecule has 1 saturated heterocycles. The van der Waals surface area contributed by atoms with Crippen LogP contribution in [0, 0.1) is 0 Å². The van der Waals surface area contributed by atoms with E-state index in [1.165, 1.54) is 0 Å². The maximum atomic E-state index is 13.0. The van der Waals surface area contributed by atoms with Gasteiger partial charge in [-0.25, -0.2) is 0 Å². The number of carbonyl (C=O) groups excluding carboxylic acids is 2. The molecule has 1 aliphatic rings. The van der Waals surface area contributed by atoms with Crippen LogP contribution in [-0.4, -0.2) is 51.0 Å². The molecule has 6 heteroatoms. The van der Waals surface area contributed by atoms with Gasteiger partial charge in [0.05, 0.1) is 6.04 Å². The van der Waals surface area contributed by atoms with E-state index in [9.17, 15) is 9.59 Å². The number of aromatic nitrogens is 2. The molecule has 0 aliphatic carbocycles. The van der Waals surface area contributed by atoms with Crippen molar-refractivity contribution in [3.63, 3.8) is 0 Å². The number of aryl methyl sites for hydroxylation is 1. The summed E-state index contributed by atoms with van der Waals surface area (Å²) < 4.78 is 1.80. The van der Waals surface area contributed by atoms with Crippen LogP contribution >= 0.6 is 0 Å². The number of piperazine rings is 1. The van der Waals surface area contributed by atoms with Gasteiger partial charge in [-0.2, -0.15) is 5.10 Å². The van der Waals surface area contributed by atoms with Gasteiger partial charge in [0, 0.05) is 39.3 Å². The van der Waals surface area contributed by atoms with Crippen molar-refractivity contribution in [3.05, 3.63) is 53.9 Å². The van der Waals surface area contributed by atoms with Crippen molar-refractivity contribution in [1.29, 1.82) is 0 Å². The summed E-state index contributed by atoms with van der Waals surface area (Å²) in [5, 5.41) is 4.40. The maximum Gasteiger partial charge on any atom is 0.274 e. The van der Waals surface area contributed by atoms with E-state index in [1.54, 1.807) is 22.6 Å². The van der Waals surface area contributed by atoms with Gasteiger partial charge in [-0.1, -0.05) is 37.3 Å². The number of hydrogen-bond acceptors (Lipinski definition) is 3. The first-order valence-corrected chi connectivity index (χ1v) is 8.75. The Morgan fingerprint density at radius 1 is 1.16 bits per heavy atom. The minimum atomic E-state index is -0.150. The number of rotatable bonds is 4. The smallest absolute Gasteiger partial charge is 0.274 e. The Balaban J connectivity index is 1.86. The quantitative estimate of drug-likeness (QED) is 0.858. The molecule has 0 radical (unpaired) electrons. The summed E-state index contributed by atoms with van der Waals surface area (Å²) in [5.74, 6) is -0.0350. The molecule has 3 rings (SSSR count). The van der Waals surface area contributed by atoms with E-state index >= 15 is 0 Å². The molecule has 1 aliphatic heterocycles. The third-order valence-corrected chi connectivity index (χ3v) is 4.58. The Morgan fingerprint density at radius 3 is 2.60 bits per heavy atom. The highest BCUT2D eigenvalue weighted by molar-refractivity contribution is 5.92. The van der Waals surface area contributed by atoms with Crippen molar-refractivity contribution in [2.24, 2.45) is 0 Å². The first-order chi connectivity index (χ1) is 12.1. The van der Waals surface area contributed by atoms with E-state index < -0.39 is 0 Å². The molecule has 2 heterocycles. The summed E-state index contributed by atoms with van der Waals surface area (Å²) in [7, 11) is 0. The molecule has 1 aromatic heterocycles. The van der Waals surface area contributed by atoms with E-state index in [4.69, 9.17) is 0 Å². The van der Waals surface area contributed by atoms with Crippen LogP contribution in [0.3, 0.4) is 0 Å². The zero-order chi connectivity index (χ0) is 17.8. The lowest BCUT2D eigenvalue weighted by molar-refractivity contribution is -0.131. The minimum Gasteiger partial charge on any atom is -0.339 e. The average molecular weight is 340 g/mol. The molecule has 25 heavy (non-hydrogen) atoms. The first kappa shape index (κ1) is 17.2. The van der Waals surface area contributed by atoms with Gasteiger partial charge in [-0.3, -0.25) is 14.3 Å². The van der Waals surface area contributed by atoms with Crippen molar-refractivity contribution >= 4 is 11.8 Å². The summed E-state index contributed by atoms with van der Waals surface area (Å²) in [5.41, 5.74) is 1.50. The zero-order valence-corrected chi connectivity index (χ0v) is 14.8. The highest BCUT2D eigenvalue weighted by atomic mass is 16.2. The molecular formula is C19H24N4O2. The van der Waals surface area contributed by atoms with Gasteiger partial charge in [-0.15, -0.1) is 0 Å². The molecule has 1 fully saturated rings. The fourth-order valence-electron chi connectivity index (χ4n) is 3.25. The number of benzene rings is 1. The summed E-state index contributed by atoms with van der Waals surface area (Å²) >= 11 is 0. The topological polar surface area (TPSA) is 58.4 Å². The summed E-state index contributed by atoms with van der Waals surface area (Å²) in [6.45, 7) is 6.04. The van der Waals surface area contributed by atoms with Crippen LogP contribution in [-0.2, 0) is 11.3 Å². The van der Waals surface area contributed by atoms with Crippen LogP contribution in [0.25, 0.3) is 0 Å². The predicted octanol–water partition coefficient (Wildman–Crippen LogP) is 2.34. The molecular weight excluding hydrogens is 316 g/mol. The Morgan fingerprint density at radius 2 is 1.92 bits per heavy atom. The van der Waals surface area contributed by atoms with Gasteiger partial charge in [-0.05, 0) is 18.1 Å². The normalized spacial score (nSPS) is 17.6. The van der Waals surface area contributed by atoms with Crippen LogP contribution < -0.4 is 0 Å². The Kier molecular flexibility index (Phi) is 5.16. The second-order valence-corrected chi connectivity index (χ2v) is 6.35. The fourth-order valence-corrected chi connectivity index (χ4v) is 3.25. The molecule has 0 N–H and O–H groups in total. The van der Waals surface area contributed by atoms with Crippen LogP contribution in [0.4, 0.5) is 0 Å². The SMILES string of the molecule is CCCn1ccc(C(=O)N2CCN(C(C)=O)C[C@@H]2c2ccccc2)n1. The predicted molar refractivity (Wildman–Crippen MR) is 95.0 cm³/mol. The van der Waals surface area contributed by atoms with E-state index in [0.717, 1.165) is 18.5 Å². The lowest BCUT2D eigenvalue weighted by Crippen LogP contribution is -2.52. The molecule has 6 nitrogen and oxygen atoms in total. The van der Waals surface area contributed by atoms with Gasteiger partial charge in [0.1, 0.15) is 5.69 Å². The van der Waals surface area contributed by atoms with Gasteiger partial charge in [0.2, 0.25) is 5.91 Å². The maximum absolute atomic E-state index is 13.0. The molecule has 0 saturated carbocycles. The van der Waals surface area contributed by atoms with Crippen molar-refractivity contribution in [2.75, 3.05) is 19.6 Å². The van der Waals surface area contributed by atoms with E-state index in [2.05, 4.69) is 12.0 Å². The van der Waals surface area contributed by atoms with Gasteiger partial charge < -0.3 is 9.80 Å². The van der Waals surface area contributed by atoms with E-state index in [-0.39, 0.29) is 17.9 Å². The fraction of sp³-hybridized carbons (Fsp3) is 0.421. The van der Waals surface area contributed by atoms with E-state index in [1.807, 2.05) is 41.4 Å². The lowest BCUT2D eigenvalue weighted by atomic mass is 10.0. The van der Waals surface area contributed by atoms with E-state index in [0.29, 0.717) is 25.3 Å². The molecule has 0 bridgehead atoms. The van der Waals surface area contributed by atoms with Gasteiger partial charge in [0.15, 0.2) is 0 Å². The molecule has 0 spiro atoms. The molecule has 1 aromatic carbocycles. The standard InChI is InChI=1S/C19H24N4O2/c1-3-10-22-11-9-17(20-22)19(25)23-13-12-21(15(2)24)14-18(23)16-7-5-4-6-8-16/h4-9,11,18H,3,10,12-14H2,1-2H3/t18-/m1/s1. The Hall–Kier alpha value is -2.63. The summed E-state index contributed by atoms with van der Waals surface area (Å²) in [6, 6.07) is 11.5. The number of nitrogens with zero attached hydrogens (tertiary/aromatic N) is 4. The van der Waals surface area contributed by atoms with Crippen LogP contribution in [0.1, 0.15) is 42.4 Å². The molecule has 0 unspecified atom stereocenters. The molecule has 2 aromatic rings. The monoisotopic (exact) mass is 340 g/mol. The Bertz CT molecular complexity index is 741. The second kappa shape index (κ2) is 7.51. The molecule has 2 amide bonds. The van der Waals surface area contributed by atoms with Crippen molar-refractivity contribution in [1.82, 2.24) is 19.6 Å². The summed E-state index contributed by atoms with van der Waals surface area (Å²) in [6.07, 6.45) is 2.82. The molecule has 1 atom stereocenters. The lowest BCUT2D eigenvalue weighted by Gasteiger charge is -2.41. The third kappa shape index (κ3) is 3.73. The highest BCUT2D eigenvalue weighted by Gasteiger charge is 2.33. The zero-order valence-electron chi connectivity index (χ0n) is 14.8.